The van der Waals surface area contributed by atoms with Gasteiger partial charge in [-0.05, 0) is 5.92 Å². The maximum Gasteiger partial charge on any atom is 0.279 e. The predicted molar refractivity (Wildman–Crippen MR) is 71.6 cm³/mol. The lowest BCUT2D eigenvalue weighted by Gasteiger charge is -2.45. The van der Waals surface area contributed by atoms with Crippen LogP contribution < -0.4 is 10.0 Å². The van der Waals surface area contributed by atoms with Crippen molar-refractivity contribution in [3.63, 3.8) is 0 Å². The van der Waals surface area contributed by atoms with E-state index in [1.165, 1.54) is 0 Å². The Balaban J connectivity index is 1.77. The molecule has 0 bridgehead atoms. The van der Waals surface area contributed by atoms with Gasteiger partial charge in [0.05, 0.1) is 0 Å². The van der Waals surface area contributed by atoms with Gasteiger partial charge in [-0.3, -0.25) is 4.90 Å². The van der Waals surface area contributed by atoms with Crippen molar-refractivity contribution < 1.29 is 8.42 Å². The van der Waals surface area contributed by atoms with Crippen molar-refractivity contribution in [2.75, 3.05) is 45.8 Å². The Morgan fingerprint density at radius 2 is 1.89 bits per heavy atom. The Hall–Kier alpha value is -0.210. The number of hydrogen-bond acceptors (Lipinski definition) is 4. The van der Waals surface area contributed by atoms with Gasteiger partial charge in [0.15, 0.2) is 0 Å². The van der Waals surface area contributed by atoms with Gasteiger partial charge < -0.3 is 5.32 Å². The van der Waals surface area contributed by atoms with Crippen LogP contribution in [0.25, 0.3) is 0 Å². The molecule has 0 aromatic heterocycles. The fourth-order valence-corrected chi connectivity index (χ4v) is 3.72. The second-order valence-corrected chi connectivity index (χ2v) is 7.26. The van der Waals surface area contributed by atoms with Gasteiger partial charge in [-0.15, -0.1) is 0 Å². The van der Waals surface area contributed by atoms with Crippen LogP contribution in [0.2, 0.25) is 0 Å². The zero-order chi connectivity index (χ0) is 13.2. The first-order valence-corrected chi connectivity index (χ1v) is 8.12. The van der Waals surface area contributed by atoms with Crippen LogP contribution in [0.1, 0.15) is 13.8 Å². The van der Waals surface area contributed by atoms with E-state index in [1.807, 2.05) is 13.8 Å². The van der Waals surface area contributed by atoms with Crippen LogP contribution in [0, 0.1) is 5.92 Å². The quantitative estimate of drug-likeness (QED) is 0.681. The Bertz CT molecular complexity index is 359. The predicted octanol–water partition coefficient (Wildman–Crippen LogP) is -0.934. The van der Waals surface area contributed by atoms with Crippen molar-refractivity contribution >= 4 is 10.2 Å². The van der Waals surface area contributed by atoms with Crippen molar-refractivity contribution in [1.29, 1.82) is 0 Å². The lowest BCUT2D eigenvalue weighted by Crippen LogP contribution is -2.65. The minimum absolute atomic E-state index is 0.338. The summed E-state index contributed by atoms with van der Waals surface area (Å²) < 4.78 is 28.1. The first-order chi connectivity index (χ1) is 8.49. The maximum atomic E-state index is 11.9. The molecule has 106 valence electrons. The van der Waals surface area contributed by atoms with E-state index >= 15 is 0 Å². The molecule has 0 saturated carbocycles. The molecule has 2 saturated heterocycles. The van der Waals surface area contributed by atoms with Gasteiger partial charge in [-0.1, -0.05) is 13.8 Å². The number of hydrogen-bond donors (Lipinski definition) is 2. The standard InChI is InChI=1S/C11H24N4O2S/c1-10(2)7-13-18(16,17)15-8-11(9-15)14-5-3-12-4-6-14/h10-13H,3-9H2,1-2H3. The van der Waals surface area contributed by atoms with Crippen molar-refractivity contribution in [1.82, 2.24) is 19.2 Å². The van der Waals surface area contributed by atoms with E-state index in [4.69, 9.17) is 0 Å². The summed E-state index contributed by atoms with van der Waals surface area (Å²) in [5, 5.41) is 3.31. The zero-order valence-electron chi connectivity index (χ0n) is 11.2. The summed E-state index contributed by atoms with van der Waals surface area (Å²) in [5.74, 6) is 0.338. The molecule has 6 nitrogen and oxygen atoms in total. The summed E-state index contributed by atoms with van der Waals surface area (Å²) in [7, 11) is -3.25. The van der Waals surface area contributed by atoms with E-state index in [9.17, 15) is 8.42 Å². The van der Waals surface area contributed by atoms with Gasteiger partial charge in [0, 0.05) is 51.9 Å². The maximum absolute atomic E-state index is 11.9. The van der Waals surface area contributed by atoms with Crippen LogP contribution >= 0.6 is 0 Å². The molecular weight excluding hydrogens is 252 g/mol. The lowest BCUT2D eigenvalue weighted by molar-refractivity contribution is 0.0765. The van der Waals surface area contributed by atoms with Crippen LogP contribution in [-0.2, 0) is 10.2 Å². The third kappa shape index (κ3) is 3.42. The van der Waals surface area contributed by atoms with Gasteiger partial charge in [-0.2, -0.15) is 12.7 Å². The average Bonchev–Trinajstić information content (AvgIpc) is 2.26. The normalized spacial score (nSPS) is 24.4. The summed E-state index contributed by atoms with van der Waals surface area (Å²) in [4.78, 5) is 2.38. The van der Waals surface area contributed by atoms with Crippen LogP contribution in [0.15, 0.2) is 0 Å². The van der Waals surface area contributed by atoms with Crippen molar-refractivity contribution in [2.24, 2.45) is 5.92 Å². The van der Waals surface area contributed by atoms with Gasteiger partial charge in [0.2, 0.25) is 0 Å². The minimum Gasteiger partial charge on any atom is -0.314 e. The second kappa shape index (κ2) is 5.83. The first kappa shape index (κ1) is 14.2. The molecule has 2 N–H and O–H groups in total. The molecule has 0 radical (unpaired) electrons. The minimum atomic E-state index is -3.25. The molecule has 0 aromatic rings. The highest BCUT2D eigenvalue weighted by Crippen LogP contribution is 2.18. The van der Waals surface area contributed by atoms with Gasteiger partial charge in [-0.25, -0.2) is 4.72 Å². The molecule has 0 unspecified atom stereocenters. The van der Waals surface area contributed by atoms with Crippen LogP contribution in [-0.4, -0.2) is 69.5 Å². The average molecular weight is 276 g/mol. The Morgan fingerprint density at radius 3 is 2.44 bits per heavy atom. The molecular formula is C11H24N4O2S. The molecule has 0 amide bonds. The van der Waals surface area contributed by atoms with E-state index in [0.717, 1.165) is 26.2 Å². The summed E-state index contributed by atoms with van der Waals surface area (Å²) in [5.41, 5.74) is 0. The lowest BCUT2D eigenvalue weighted by atomic mass is 10.1. The van der Waals surface area contributed by atoms with E-state index < -0.39 is 10.2 Å². The molecule has 0 atom stereocenters. The molecule has 2 aliphatic heterocycles. The highest BCUT2D eigenvalue weighted by atomic mass is 32.2. The summed E-state index contributed by atoms with van der Waals surface area (Å²) in [6.07, 6.45) is 0. The fraction of sp³-hybridized carbons (Fsp3) is 1.00. The monoisotopic (exact) mass is 276 g/mol. The van der Waals surface area contributed by atoms with Crippen molar-refractivity contribution in [3.8, 4) is 0 Å². The molecule has 2 heterocycles. The number of piperazine rings is 1. The van der Waals surface area contributed by atoms with E-state index in [-0.39, 0.29) is 0 Å². The van der Waals surface area contributed by atoms with E-state index in [1.54, 1.807) is 4.31 Å². The highest BCUT2D eigenvalue weighted by molar-refractivity contribution is 7.87. The number of nitrogens with zero attached hydrogens (tertiary/aromatic N) is 2. The Labute approximate surface area is 110 Å². The van der Waals surface area contributed by atoms with E-state index in [2.05, 4.69) is 14.9 Å². The topological polar surface area (TPSA) is 64.7 Å². The Kier molecular flexibility index (Phi) is 4.60. The molecule has 7 heteroatoms. The molecule has 18 heavy (non-hydrogen) atoms. The third-order valence-electron chi connectivity index (χ3n) is 3.51. The number of nitrogens with one attached hydrogen (secondary N) is 2. The zero-order valence-corrected chi connectivity index (χ0v) is 12.0. The van der Waals surface area contributed by atoms with Crippen LogP contribution in [0.5, 0.6) is 0 Å². The first-order valence-electron chi connectivity index (χ1n) is 6.68. The SMILES string of the molecule is CC(C)CNS(=O)(=O)N1CC(N2CCNCC2)C1. The summed E-state index contributed by atoms with van der Waals surface area (Å²) in [6, 6.07) is 0.405. The molecule has 2 fully saturated rings. The van der Waals surface area contributed by atoms with Gasteiger partial charge in [0.25, 0.3) is 10.2 Å². The highest BCUT2D eigenvalue weighted by Gasteiger charge is 2.38. The second-order valence-electron chi connectivity index (χ2n) is 5.50. The molecule has 0 spiro atoms. The van der Waals surface area contributed by atoms with Crippen molar-refractivity contribution in [2.45, 2.75) is 19.9 Å². The van der Waals surface area contributed by atoms with Crippen LogP contribution in [0.4, 0.5) is 0 Å². The Morgan fingerprint density at radius 1 is 1.28 bits per heavy atom. The molecule has 0 aromatic carbocycles. The molecule has 2 rings (SSSR count). The van der Waals surface area contributed by atoms with Gasteiger partial charge in [0.1, 0.15) is 0 Å². The fourth-order valence-electron chi connectivity index (χ4n) is 2.25. The summed E-state index contributed by atoms with van der Waals surface area (Å²) >= 11 is 0. The van der Waals surface area contributed by atoms with Crippen LogP contribution in [0.3, 0.4) is 0 Å². The largest absolute Gasteiger partial charge is 0.314 e. The van der Waals surface area contributed by atoms with Crippen molar-refractivity contribution in [3.05, 3.63) is 0 Å². The van der Waals surface area contributed by atoms with E-state index in [0.29, 0.717) is 31.6 Å². The number of rotatable bonds is 5. The van der Waals surface area contributed by atoms with Gasteiger partial charge >= 0.3 is 0 Å². The smallest absolute Gasteiger partial charge is 0.279 e. The molecule has 0 aliphatic carbocycles. The third-order valence-corrected chi connectivity index (χ3v) is 5.02. The summed E-state index contributed by atoms with van der Waals surface area (Å²) in [6.45, 7) is 9.85. The molecule has 2 aliphatic rings.